The van der Waals surface area contributed by atoms with Gasteiger partial charge in [-0.15, -0.1) is 0 Å². The molecule has 5 nitrogen and oxygen atoms in total. The molecule has 2 rings (SSSR count). The summed E-state index contributed by atoms with van der Waals surface area (Å²) >= 11 is 0. The number of nitrogens with zero attached hydrogens (tertiary/aromatic N) is 1. The van der Waals surface area contributed by atoms with E-state index >= 15 is 0 Å². The van der Waals surface area contributed by atoms with Crippen molar-refractivity contribution in [3.05, 3.63) is 29.5 Å². The van der Waals surface area contributed by atoms with Crippen molar-refractivity contribution in [2.75, 3.05) is 7.11 Å². The molecular weight excluding hydrogens is 194 g/mol. The molecule has 0 spiro atoms. The van der Waals surface area contributed by atoms with E-state index < -0.39 is 5.97 Å². The Hall–Kier alpha value is -1.88. The number of fused-ring (bicyclic) bond motifs is 1. The lowest BCUT2D eigenvalue weighted by Crippen LogP contribution is -2.02. The SMILES string of the molecule is COC(=O)c1cccc2c(CN)[nH]nc12. The molecule has 15 heavy (non-hydrogen) atoms. The van der Waals surface area contributed by atoms with Crippen LogP contribution in [-0.4, -0.2) is 23.3 Å². The summed E-state index contributed by atoms with van der Waals surface area (Å²) in [6.07, 6.45) is 0. The highest BCUT2D eigenvalue weighted by atomic mass is 16.5. The van der Waals surface area contributed by atoms with Crippen molar-refractivity contribution < 1.29 is 9.53 Å². The Morgan fingerprint density at radius 2 is 2.40 bits per heavy atom. The van der Waals surface area contributed by atoms with E-state index in [0.29, 0.717) is 17.6 Å². The third kappa shape index (κ3) is 1.46. The fourth-order valence-electron chi connectivity index (χ4n) is 1.52. The van der Waals surface area contributed by atoms with E-state index in [0.717, 1.165) is 11.1 Å². The Morgan fingerprint density at radius 1 is 1.60 bits per heavy atom. The second-order valence-corrected chi connectivity index (χ2v) is 3.10. The van der Waals surface area contributed by atoms with Gasteiger partial charge in [0.2, 0.25) is 0 Å². The fourth-order valence-corrected chi connectivity index (χ4v) is 1.52. The van der Waals surface area contributed by atoms with Gasteiger partial charge in [0.15, 0.2) is 0 Å². The maximum atomic E-state index is 11.4. The van der Waals surface area contributed by atoms with Crippen LogP contribution < -0.4 is 5.73 Å². The Kier molecular flexibility index (Phi) is 2.39. The first kappa shape index (κ1) is 9.67. The molecule has 1 heterocycles. The summed E-state index contributed by atoms with van der Waals surface area (Å²) in [6.45, 7) is 0.362. The van der Waals surface area contributed by atoms with Gasteiger partial charge in [0, 0.05) is 11.9 Å². The van der Waals surface area contributed by atoms with Crippen molar-refractivity contribution in [3.8, 4) is 0 Å². The quantitative estimate of drug-likeness (QED) is 0.711. The van der Waals surface area contributed by atoms with Gasteiger partial charge in [0.05, 0.1) is 18.4 Å². The Bertz CT molecular complexity index is 504. The zero-order valence-electron chi connectivity index (χ0n) is 8.28. The van der Waals surface area contributed by atoms with Crippen LogP contribution in [0.5, 0.6) is 0 Å². The fraction of sp³-hybridized carbons (Fsp3) is 0.200. The number of hydrogen-bond acceptors (Lipinski definition) is 4. The second kappa shape index (κ2) is 3.70. The number of nitrogens with two attached hydrogens (primary N) is 1. The Morgan fingerprint density at radius 3 is 3.07 bits per heavy atom. The Labute approximate surface area is 86.2 Å². The Balaban J connectivity index is 2.67. The van der Waals surface area contributed by atoms with Crippen LogP contribution in [0, 0.1) is 0 Å². The van der Waals surface area contributed by atoms with E-state index in [-0.39, 0.29) is 0 Å². The highest BCUT2D eigenvalue weighted by molar-refractivity contribution is 6.03. The predicted molar refractivity (Wildman–Crippen MR) is 55.3 cm³/mol. The zero-order chi connectivity index (χ0) is 10.8. The average Bonchev–Trinajstić information content (AvgIpc) is 2.70. The highest BCUT2D eigenvalue weighted by Crippen LogP contribution is 2.19. The highest BCUT2D eigenvalue weighted by Gasteiger charge is 2.13. The van der Waals surface area contributed by atoms with Crippen LogP contribution in [0.15, 0.2) is 18.2 Å². The molecule has 0 aliphatic carbocycles. The third-order valence-corrected chi connectivity index (χ3v) is 2.27. The second-order valence-electron chi connectivity index (χ2n) is 3.10. The largest absolute Gasteiger partial charge is 0.465 e. The smallest absolute Gasteiger partial charge is 0.340 e. The van der Waals surface area contributed by atoms with Gasteiger partial charge < -0.3 is 10.5 Å². The maximum Gasteiger partial charge on any atom is 0.340 e. The van der Waals surface area contributed by atoms with Gasteiger partial charge in [-0.3, -0.25) is 5.10 Å². The number of rotatable bonds is 2. The number of aromatic amines is 1. The van der Waals surface area contributed by atoms with Crippen LogP contribution in [0.1, 0.15) is 16.1 Å². The minimum Gasteiger partial charge on any atom is -0.465 e. The summed E-state index contributed by atoms with van der Waals surface area (Å²) in [4.78, 5) is 11.4. The molecule has 78 valence electrons. The van der Waals surface area contributed by atoms with E-state index in [1.54, 1.807) is 12.1 Å². The van der Waals surface area contributed by atoms with E-state index in [1.807, 2.05) is 6.07 Å². The van der Waals surface area contributed by atoms with Crippen molar-refractivity contribution in [1.82, 2.24) is 10.2 Å². The molecule has 0 aliphatic rings. The number of carbonyl (C=O) groups excluding carboxylic acids is 1. The predicted octanol–water partition coefficient (Wildman–Crippen LogP) is 0.808. The molecule has 0 atom stereocenters. The topological polar surface area (TPSA) is 81.0 Å². The van der Waals surface area contributed by atoms with Crippen LogP contribution >= 0.6 is 0 Å². The molecule has 0 saturated heterocycles. The van der Waals surface area contributed by atoms with Crippen molar-refractivity contribution in [2.24, 2.45) is 5.73 Å². The van der Waals surface area contributed by atoms with Gasteiger partial charge in [-0.25, -0.2) is 4.79 Å². The lowest BCUT2D eigenvalue weighted by molar-refractivity contribution is 0.0603. The van der Waals surface area contributed by atoms with Crippen molar-refractivity contribution in [2.45, 2.75) is 6.54 Å². The molecule has 0 radical (unpaired) electrons. The number of H-pyrrole nitrogens is 1. The molecule has 0 fully saturated rings. The van der Waals surface area contributed by atoms with E-state index in [4.69, 9.17) is 5.73 Å². The maximum absolute atomic E-state index is 11.4. The van der Waals surface area contributed by atoms with Crippen molar-refractivity contribution in [1.29, 1.82) is 0 Å². The summed E-state index contributed by atoms with van der Waals surface area (Å²) in [6, 6.07) is 5.33. The molecule has 3 N–H and O–H groups in total. The summed E-state index contributed by atoms with van der Waals surface area (Å²) in [5.74, 6) is -0.393. The average molecular weight is 205 g/mol. The number of benzene rings is 1. The van der Waals surface area contributed by atoms with E-state index in [2.05, 4.69) is 14.9 Å². The summed E-state index contributed by atoms with van der Waals surface area (Å²) in [5.41, 5.74) is 7.40. The number of methoxy groups -OCH3 is 1. The summed E-state index contributed by atoms with van der Waals surface area (Å²) in [7, 11) is 1.34. The molecule has 0 saturated carbocycles. The van der Waals surface area contributed by atoms with E-state index in [1.165, 1.54) is 7.11 Å². The number of carbonyl (C=O) groups is 1. The van der Waals surface area contributed by atoms with E-state index in [9.17, 15) is 4.79 Å². The monoisotopic (exact) mass is 205 g/mol. The lowest BCUT2D eigenvalue weighted by Gasteiger charge is -1.99. The molecule has 0 aliphatic heterocycles. The first-order valence-electron chi connectivity index (χ1n) is 4.52. The van der Waals surface area contributed by atoms with Crippen molar-refractivity contribution >= 4 is 16.9 Å². The third-order valence-electron chi connectivity index (χ3n) is 2.27. The molecule has 1 aromatic carbocycles. The first-order valence-corrected chi connectivity index (χ1v) is 4.52. The van der Waals surface area contributed by atoms with Crippen LogP contribution in [0.2, 0.25) is 0 Å². The van der Waals surface area contributed by atoms with Crippen LogP contribution in [0.3, 0.4) is 0 Å². The normalized spacial score (nSPS) is 10.5. The first-order chi connectivity index (χ1) is 7.27. The van der Waals surface area contributed by atoms with Crippen LogP contribution in [0.25, 0.3) is 10.9 Å². The molecule has 5 heteroatoms. The lowest BCUT2D eigenvalue weighted by atomic mass is 10.1. The number of nitrogens with one attached hydrogen (secondary N) is 1. The van der Waals surface area contributed by atoms with Crippen molar-refractivity contribution in [3.63, 3.8) is 0 Å². The van der Waals surface area contributed by atoms with Crippen LogP contribution in [-0.2, 0) is 11.3 Å². The van der Waals surface area contributed by atoms with Crippen LogP contribution in [0.4, 0.5) is 0 Å². The van der Waals surface area contributed by atoms with Gasteiger partial charge in [-0.1, -0.05) is 12.1 Å². The van der Waals surface area contributed by atoms with Gasteiger partial charge in [0.25, 0.3) is 0 Å². The molecule has 2 aromatic rings. The summed E-state index contributed by atoms with van der Waals surface area (Å²) in [5, 5.41) is 7.71. The number of aromatic nitrogens is 2. The number of para-hydroxylation sites is 1. The standard InChI is InChI=1S/C10H11N3O2/c1-15-10(14)7-4-2-3-6-8(5-11)12-13-9(6)7/h2-4H,5,11H2,1H3,(H,12,13). The number of esters is 1. The zero-order valence-corrected chi connectivity index (χ0v) is 8.28. The number of ether oxygens (including phenoxy) is 1. The number of hydrogen-bond donors (Lipinski definition) is 2. The van der Waals surface area contributed by atoms with Gasteiger partial charge in [0.1, 0.15) is 5.52 Å². The molecular formula is C10H11N3O2. The van der Waals surface area contributed by atoms with Gasteiger partial charge >= 0.3 is 5.97 Å². The minimum absolute atomic E-state index is 0.362. The van der Waals surface area contributed by atoms with Gasteiger partial charge in [-0.05, 0) is 6.07 Å². The molecule has 1 aromatic heterocycles. The summed E-state index contributed by atoms with van der Waals surface area (Å²) < 4.78 is 4.66. The van der Waals surface area contributed by atoms with Gasteiger partial charge in [-0.2, -0.15) is 5.10 Å². The molecule has 0 bridgehead atoms. The molecule has 0 amide bonds. The molecule has 0 unspecified atom stereocenters. The minimum atomic E-state index is -0.393.